The lowest BCUT2D eigenvalue weighted by atomic mass is 10.0. The molecule has 626 valence electrons. The Morgan fingerprint density at radius 2 is 0.476 bits per heavy atom. The van der Waals surface area contributed by atoms with Gasteiger partial charge >= 0.3 is 0 Å². The third-order valence-electron chi connectivity index (χ3n) is 18.9. The molecule has 19 nitrogen and oxygen atoms in total. The second kappa shape index (κ2) is 103. The highest BCUT2D eigenvalue weighted by Gasteiger charge is 2.08. The lowest BCUT2D eigenvalue weighted by Gasteiger charge is -2.17. The van der Waals surface area contributed by atoms with Gasteiger partial charge in [0.1, 0.15) is 0 Å². The number of nitrogens with two attached hydrogens (primary N) is 1. The summed E-state index contributed by atoms with van der Waals surface area (Å²) in [5.74, 6) is 0. The van der Waals surface area contributed by atoms with Gasteiger partial charge in [-0.1, -0.05) is 297 Å². The van der Waals surface area contributed by atoms with Gasteiger partial charge in [-0.2, -0.15) is 0 Å². The molecule has 0 fully saturated rings. The van der Waals surface area contributed by atoms with Gasteiger partial charge in [-0.3, -0.25) is 0 Å². The molecular weight excluding hydrogens is 1290 g/mol. The molecule has 103 heavy (non-hydrogen) atoms. The van der Waals surface area contributed by atoms with E-state index < -0.39 is 0 Å². The van der Waals surface area contributed by atoms with Gasteiger partial charge in [-0.15, -0.1) is 0 Å². The Bertz CT molecular complexity index is 1320. The van der Waals surface area contributed by atoms with E-state index in [0.717, 1.165) is 150 Å². The van der Waals surface area contributed by atoms with Crippen molar-refractivity contribution in [1.82, 2.24) is 52.8 Å². The maximum Gasteiger partial charge on any atom is 0.0701 e. The number of hydrogen-bond acceptors (Lipinski definition) is 19. The summed E-state index contributed by atoms with van der Waals surface area (Å²) in [6, 6.07) is 0. The number of hydrogen-bond donors (Lipinski definition) is 14. The van der Waals surface area contributed by atoms with Crippen molar-refractivity contribution in [3.63, 3.8) is 0 Å². The predicted molar refractivity (Wildman–Crippen MR) is 448 cm³/mol. The first kappa shape index (κ1) is 109. The second-order valence-corrected chi connectivity index (χ2v) is 29.4. The number of unbranched alkanes of at least 4 members (excludes halogenated alkanes) is 38. The third-order valence-corrected chi connectivity index (χ3v) is 18.9. The van der Waals surface area contributed by atoms with Gasteiger partial charge in [0, 0.05) is 118 Å². The molecule has 4 unspecified atom stereocenters. The van der Waals surface area contributed by atoms with Crippen LogP contribution < -0.4 is 53.6 Å². The van der Waals surface area contributed by atoms with E-state index in [4.69, 9.17) is 24.7 Å². The minimum atomic E-state index is -0.235. The number of rotatable bonds is 86. The summed E-state index contributed by atoms with van der Waals surface area (Å²) in [5, 5.41) is 69.2. The number of nitrogens with one attached hydrogen (secondary N) is 9. The van der Waals surface area contributed by atoms with Crippen molar-refractivity contribution in [3.8, 4) is 0 Å². The minimum Gasteiger partial charge on any atom is -0.392 e. The molecular formula is C84H187N11O8. The van der Waals surface area contributed by atoms with Crippen molar-refractivity contribution in [1.29, 1.82) is 0 Å². The first-order chi connectivity index (χ1) is 50.6. The summed E-state index contributed by atoms with van der Waals surface area (Å²) in [6.45, 7) is 29.9. The van der Waals surface area contributed by atoms with E-state index in [1.807, 2.05) is 21.1 Å². The lowest BCUT2D eigenvalue weighted by molar-refractivity contribution is 0.0493. The van der Waals surface area contributed by atoms with E-state index >= 15 is 0 Å². The van der Waals surface area contributed by atoms with Gasteiger partial charge < -0.3 is 97.9 Å². The normalized spacial score (nSPS) is 12.6. The number of likely N-dealkylation sites (N-methyl/N-ethyl adjacent to an activating group) is 4. The van der Waals surface area contributed by atoms with Crippen molar-refractivity contribution < 1.29 is 39.4 Å². The molecule has 0 aliphatic heterocycles. The predicted octanol–water partition coefficient (Wildman–Crippen LogP) is 13.6. The largest absolute Gasteiger partial charge is 0.392 e. The van der Waals surface area contributed by atoms with E-state index in [-0.39, 0.29) is 24.4 Å². The van der Waals surface area contributed by atoms with Crippen LogP contribution in [0, 0.1) is 0 Å². The Kier molecular flexibility index (Phi) is 109. The molecule has 0 rings (SSSR count). The van der Waals surface area contributed by atoms with Gasteiger partial charge in [-0.05, 0) is 53.9 Å². The van der Waals surface area contributed by atoms with Gasteiger partial charge in [0.25, 0.3) is 0 Å². The molecule has 0 heterocycles. The summed E-state index contributed by atoms with van der Waals surface area (Å²) >= 11 is 0. The van der Waals surface area contributed by atoms with Crippen LogP contribution in [0.5, 0.6) is 0 Å². The Balaban J connectivity index is -0.000000635. The summed E-state index contributed by atoms with van der Waals surface area (Å²) < 4.78 is 21.5. The molecule has 0 aliphatic carbocycles. The van der Waals surface area contributed by atoms with Crippen LogP contribution in [-0.2, 0) is 18.9 Å². The molecule has 0 aromatic rings. The molecule has 19 heteroatoms. The highest BCUT2D eigenvalue weighted by atomic mass is 16.5. The molecule has 0 aromatic heterocycles. The second-order valence-electron chi connectivity index (χ2n) is 29.4. The van der Waals surface area contributed by atoms with Crippen molar-refractivity contribution in [2.75, 3.05) is 199 Å². The number of aliphatic hydroxyl groups excluding tert-OH is 4. The molecule has 0 aromatic carbocycles. The standard InChI is InChI=1S/C22H48N2O3.C21H48N4O.C21H46N2O3.C20H45N3O/c1-2-3-4-5-6-7-8-9-10-11-12-13-14-22(25)21-24-16-18-27-20-19-26-17-15-23;1-3-4-5-6-7-8-9-10-11-12-13-21(26)20-25-19-18-24-17-16-23-15-14-22-2;1-3-4-5-6-7-8-9-10-11-12-13-21(24)20-23-15-17-26-19-18-25-16-14-22-2;1-4-5-6-7-8-9-10-11-12-13-14-20(24)19-22-16-18-23(3)17-15-21-2/h22,24-25H,2-21,23H2,1H3;21-26H,3-20H2,1-2H3;21-24H,3-20H2,1-2H3;20-22,24H,4-19H2,1-3H3. The number of aliphatic hydroxyl groups is 4. The number of nitrogens with zero attached hydrogens (tertiary/aromatic N) is 1. The monoisotopic (exact) mass is 1480 g/mol. The lowest BCUT2D eigenvalue weighted by Crippen LogP contribution is -2.36. The molecule has 0 bridgehead atoms. The van der Waals surface area contributed by atoms with Crippen LogP contribution in [0.2, 0.25) is 0 Å². The van der Waals surface area contributed by atoms with E-state index in [1.165, 1.54) is 250 Å². The zero-order chi connectivity index (χ0) is 76.0. The van der Waals surface area contributed by atoms with Crippen LogP contribution in [0.4, 0.5) is 0 Å². The van der Waals surface area contributed by atoms with E-state index in [0.29, 0.717) is 65.9 Å². The molecule has 4 atom stereocenters. The van der Waals surface area contributed by atoms with Gasteiger partial charge in [0.05, 0.1) is 77.3 Å². The summed E-state index contributed by atoms with van der Waals surface area (Å²) in [7, 11) is 8.00. The Morgan fingerprint density at radius 3 is 0.757 bits per heavy atom. The fourth-order valence-electron chi connectivity index (χ4n) is 12.0. The smallest absolute Gasteiger partial charge is 0.0701 e. The van der Waals surface area contributed by atoms with Crippen LogP contribution in [0.1, 0.15) is 323 Å². The average molecular weight is 1480 g/mol. The van der Waals surface area contributed by atoms with E-state index in [2.05, 4.69) is 87.5 Å². The van der Waals surface area contributed by atoms with E-state index in [1.54, 1.807) is 0 Å². The number of ether oxygens (including phenoxy) is 4. The van der Waals surface area contributed by atoms with Gasteiger partial charge in [0.15, 0.2) is 0 Å². The first-order valence-corrected chi connectivity index (χ1v) is 44.2. The van der Waals surface area contributed by atoms with Crippen molar-refractivity contribution in [3.05, 3.63) is 0 Å². The van der Waals surface area contributed by atoms with Gasteiger partial charge in [0.2, 0.25) is 0 Å². The van der Waals surface area contributed by atoms with Crippen molar-refractivity contribution >= 4 is 0 Å². The molecule has 0 spiro atoms. The summed E-state index contributed by atoms with van der Waals surface area (Å²) in [4.78, 5) is 2.30. The molecule has 15 N–H and O–H groups in total. The van der Waals surface area contributed by atoms with Crippen LogP contribution >= 0.6 is 0 Å². The molecule has 0 saturated carbocycles. The molecule has 0 radical (unpaired) electrons. The maximum atomic E-state index is 10.00. The van der Waals surface area contributed by atoms with Crippen molar-refractivity contribution in [2.45, 2.75) is 347 Å². The fraction of sp³-hybridized carbons (Fsp3) is 1.00. The Labute approximate surface area is 641 Å². The third kappa shape index (κ3) is 110. The van der Waals surface area contributed by atoms with Gasteiger partial charge in [-0.25, -0.2) is 0 Å². The summed E-state index contributed by atoms with van der Waals surface area (Å²) in [6.07, 6.45) is 59.6. The minimum absolute atomic E-state index is 0.179. The zero-order valence-electron chi connectivity index (χ0n) is 70.2. The first-order valence-electron chi connectivity index (χ1n) is 44.2. The van der Waals surface area contributed by atoms with E-state index in [9.17, 15) is 20.4 Å². The maximum absolute atomic E-state index is 10.00. The highest BCUT2D eigenvalue weighted by molar-refractivity contribution is 4.66. The average Bonchev–Trinajstić information content (AvgIpc) is 3.16. The van der Waals surface area contributed by atoms with Crippen LogP contribution in [-0.4, -0.2) is 249 Å². The van der Waals surface area contributed by atoms with Crippen molar-refractivity contribution in [2.24, 2.45) is 5.73 Å². The molecule has 0 amide bonds. The quantitative estimate of drug-likeness (QED) is 0.0253. The SMILES string of the molecule is CCCCCCCCCCCCC(O)CNCCN(C)CCNC.CCCCCCCCCCCCC(O)CNCCNCCNCCNC.CCCCCCCCCCCCC(O)CNCCOCCOCCNC.CCCCCCCCCCCCCCC(O)CNCCOCCOCCN. The highest BCUT2D eigenvalue weighted by Crippen LogP contribution is 2.16. The molecule has 0 aliphatic rings. The zero-order valence-corrected chi connectivity index (χ0v) is 70.2. The molecule has 0 saturated heterocycles. The van der Waals surface area contributed by atoms with Crippen LogP contribution in [0.25, 0.3) is 0 Å². The summed E-state index contributed by atoms with van der Waals surface area (Å²) in [5.41, 5.74) is 5.33. The Morgan fingerprint density at radius 1 is 0.252 bits per heavy atom. The fourth-order valence-corrected chi connectivity index (χ4v) is 12.0. The topological polar surface area (TPSA) is 255 Å². The van der Waals surface area contributed by atoms with Crippen LogP contribution in [0.15, 0.2) is 0 Å². The van der Waals surface area contributed by atoms with Crippen LogP contribution in [0.3, 0.4) is 0 Å². The Hall–Kier alpha value is -0.760.